The van der Waals surface area contributed by atoms with Crippen molar-refractivity contribution >= 4 is 16.3 Å². The van der Waals surface area contributed by atoms with E-state index in [1.54, 1.807) is 6.07 Å². The molecule has 1 aliphatic rings. The van der Waals surface area contributed by atoms with Crippen LogP contribution in [0.2, 0.25) is 0 Å². The van der Waals surface area contributed by atoms with E-state index >= 15 is 0 Å². The Morgan fingerprint density at radius 3 is 2.80 bits per heavy atom. The van der Waals surface area contributed by atoms with Crippen LogP contribution in [0.3, 0.4) is 0 Å². The van der Waals surface area contributed by atoms with Gasteiger partial charge < -0.3 is 5.32 Å². The summed E-state index contributed by atoms with van der Waals surface area (Å²) in [6.07, 6.45) is 4.73. The Morgan fingerprint density at radius 1 is 1.45 bits per heavy atom. The van der Waals surface area contributed by atoms with Gasteiger partial charge in [-0.3, -0.25) is 15.0 Å². The maximum atomic E-state index is 10.9. The quantitative estimate of drug-likeness (QED) is 0.477. The molecule has 2 rings (SSSR count). The van der Waals surface area contributed by atoms with Crippen molar-refractivity contribution in [1.29, 1.82) is 0 Å². The fourth-order valence-corrected chi connectivity index (χ4v) is 3.52. The molecule has 1 fully saturated rings. The van der Waals surface area contributed by atoms with Crippen LogP contribution in [0.5, 0.6) is 0 Å². The molecule has 1 atom stereocenters. The first-order valence-electron chi connectivity index (χ1n) is 7.40. The minimum Gasteiger partial charge on any atom is -0.314 e. The van der Waals surface area contributed by atoms with Crippen molar-refractivity contribution in [3.05, 3.63) is 27.1 Å². The lowest BCUT2D eigenvalue weighted by molar-refractivity contribution is -0.380. The average molecular weight is 297 g/mol. The van der Waals surface area contributed by atoms with Crippen molar-refractivity contribution in [2.45, 2.75) is 38.6 Å². The number of nitrogens with one attached hydrogen (secondary N) is 1. The summed E-state index contributed by atoms with van der Waals surface area (Å²) in [5.41, 5.74) is 1.12. The van der Waals surface area contributed by atoms with Crippen LogP contribution >= 0.6 is 11.3 Å². The van der Waals surface area contributed by atoms with Crippen LogP contribution < -0.4 is 5.32 Å². The molecule has 0 bridgehead atoms. The van der Waals surface area contributed by atoms with Gasteiger partial charge in [0.25, 0.3) is 0 Å². The Morgan fingerprint density at radius 2 is 2.20 bits per heavy atom. The molecule has 0 spiro atoms. The molecule has 5 nitrogen and oxygen atoms in total. The third kappa shape index (κ3) is 4.01. The number of piperazine rings is 1. The summed E-state index contributed by atoms with van der Waals surface area (Å²) in [7, 11) is 0. The van der Waals surface area contributed by atoms with E-state index in [1.165, 1.54) is 30.6 Å². The maximum Gasteiger partial charge on any atom is 0.324 e. The Hall–Kier alpha value is -0.980. The largest absolute Gasteiger partial charge is 0.324 e. The number of thiophene rings is 1. The molecular formula is C14H23N3O2S. The van der Waals surface area contributed by atoms with Crippen LogP contribution in [0.15, 0.2) is 11.4 Å². The van der Waals surface area contributed by atoms with E-state index < -0.39 is 0 Å². The van der Waals surface area contributed by atoms with E-state index in [9.17, 15) is 10.1 Å². The molecule has 0 aliphatic carbocycles. The van der Waals surface area contributed by atoms with E-state index in [0.29, 0.717) is 6.04 Å². The molecule has 1 saturated heterocycles. The van der Waals surface area contributed by atoms with Crippen LogP contribution in [0.4, 0.5) is 5.00 Å². The molecular weight excluding hydrogens is 274 g/mol. The molecule has 0 aromatic carbocycles. The van der Waals surface area contributed by atoms with Gasteiger partial charge in [-0.05, 0) is 12.0 Å². The maximum absolute atomic E-state index is 10.9. The summed E-state index contributed by atoms with van der Waals surface area (Å²) < 4.78 is 0. The van der Waals surface area contributed by atoms with Gasteiger partial charge >= 0.3 is 5.00 Å². The topological polar surface area (TPSA) is 58.4 Å². The van der Waals surface area contributed by atoms with Gasteiger partial charge in [0.15, 0.2) is 0 Å². The zero-order chi connectivity index (χ0) is 14.4. The van der Waals surface area contributed by atoms with E-state index in [0.717, 1.165) is 38.2 Å². The second kappa shape index (κ2) is 7.71. The van der Waals surface area contributed by atoms with Crippen LogP contribution in [0.25, 0.3) is 0 Å². The van der Waals surface area contributed by atoms with Crippen LogP contribution in [0, 0.1) is 10.1 Å². The van der Waals surface area contributed by atoms with E-state index in [4.69, 9.17) is 0 Å². The fourth-order valence-electron chi connectivity index (χ4n) is 2.75. The lowest BCUT2D eigenvalue weighted by Crippen LogP contribution is -2.45. The smallest absolute Gasteiger partial charge is 0.314 e. The number of hydrogen-bond acceptors (Lipinski definition) is 5. The highest BCUT2D eigenvalue weighted by Crippen LogP contribution is 2.33. The van der Waals surface area contributed by atoms with E-state index in [-0.39, 0.29) is 9.92 Å². The minimum absolute atomic E-state index is 0.260. The zero-order valence-corrected chi connectivity index (χ0v) is 12.8. The normalized spacial score (nSPS) is 18.1. The summed E-state index contributed by atoms with van der Waals surface area (Å²) in [5.74, 6) is 0. The van der Waals surface area contributed by atoms with Gasteiger partial charge in [0, 0.05) is 43.7 Å². The molecule has 20 heavy (non-hydrogen) atoms. The monoisotopic (exact) mass is 297 g/mol. The van der Waals surface area contributed by atoms with Crippen LogP contribution in [-0.2, 0) is 0 Å². The molecule has 0 radical (unpaired) electrons. The van der Waals surface area contributed by atoms with Crippen molar-refractivity contribution in [1.82, 2.24) is 10.2 Å². The zero-order valence-electron chi connectivity index (χ0n) is 12.0. The molecule has 0 amide bonds. The predicted molar refractivity (Wildman–Crippen MR) is 82.3 cm³/mol. The highest BCUT2D eigenvalue weighted by Gasteiger charge is 2.24. The van der Waals surface area contributed by atoms with Gasteiger partial charge in [-0.1, -0.05) is 37.5 Å². The summed E-state index contributed by atoms with van der Waals surface area (Å²) in [6.45, 7) is 6.28. The van der Waals surface area contributed by atoms with Gasteiger partial charge in [0.2, 0.25) is 0 Å². The molecule has 2 heterocycles. The van der Waals surface area contributed by atoms with Crippen molar-refractivity contribution < 1.29 is 4.92 Å². The number of hydrogen-bond donors (Lipinski definition) is 1. The van der Waals surface area contributed by atoms with E-state index in [1.807, 2.05) is 5.38 Å². The lowest BCUT2D eigenvalue weighted by Gasteiger charge is -2.34. The number of rotatable bonds is 7. The standard InChI is InChI=1S/C14H23N3O2S/c1-2-3-4-5-13(16-8-6-15-7-9-16)12-10-14(17(18)19)20-11-12/h10-11,13,15H,2-9H2,1H3/t13-/m1/s1. The lowest BCUT2D eigenvalue weighted by atomic mass is 10.0. The van der Waals surface area contributed by atoms with Crippen molar-refractivity contribution in [3.8, 4) is 0 Å². The summed E-state index contributed by atoms with van der Waals surface area (Å²) >= 11 is 1.25. The fraction of sp³-hybridized carbons (Fsp3) is 0.714. The predicted octanol–water partition coefficient (Wildman–Crippen LogP) is 3.18. The van der Waals surface area contributed by atoms with Crippen molar-refractivity contribution in [3.63, 3.8) is 0 Å². The third-order valence-corrected chi connectivity index (χ3v) is 4.74. The van der Waals surface area contributed by atoms with Gasteiger partial charge in [0.1, 0.15) is 0 Å². The Labute approximate surface area is 124 Å². The minimum atomic E-state index is -0.283. The first-order chi connectivity index (χ1) is 9.72. The number of nitrogens with zero attached hydrogens (tertiary/aromatic N) is 2. The van der Waals surface area contributed by atoms with Crippen molar-refractivity contribution in [2.75, 3.05) is 26.2 Å². The molecule has 112 valence electrons. The van der Waals surface area contributed by atoms with E-state index in [2.05, 4.69) is 17.1 Å². The third-order valence-electron chi connectivity index (χ3n) is 3.84. The van der Waals surface area contributed by atoms with Gasteiger partial charge in [-0.2, -0.15) is 0 Å². The molecule has 6 heteroatoms. The molecule has 1 N–H and O–H groups in total. The molecule has 0 unspecified atom stereocenters. The highest BCUT2D eigenvalue weighted by atomic mass is 32.1. The molecule has 1 aliphatic heterocycles. The number of unbranched alkanes of at least 4 members (excludes halogenated alkanes) is 2. The van der Waals surface area contributed by atoms with Crippen LogP contribution in [-0.4, -0.2) is 36.0 Å². The van der Waals surface area contributed by atoms with Gasteiger partial charge in [-0.25, -0.2) is 0 Å². The second-order valence-electron chi connectivity index (χ2n) is 5.27. The Bertz CT molecular complexity index is 430. The first-order valence-corrected chi connectivity index (χ1v) is 8.28. The highest BCUT2D eigenvalue weighted by molar-refractivity contribution is 7.13. The molecule has 0 saturated carbocycles. The second-order valence-corrected chi connectivity index (χ2v) is 6.16. The molecule has 1 aromatic rings. The Kier molecular flexibility index (Phi) is 5.94. The Balaban J connectivity index is 2.08. The van der Waals surface area contributed by atoms with Crippen LogP contribution in [0.1, 0.15) is 44.2 Å². The van der Waals surface area contributed by atoms with Gasteiger partial charge in [0.05, 0.1) is 4.92 Å². The average Bonchev–Trinajstić information content (AvgIpc) is 2.94. The summed E-state index contributed by atoms with van der Waals surface area (Å²) in [5, 5.41) is 16.5. The summed E-state index contributed by atoms with van der Waals surface area (Å²) in [4.78, 5) is 13.1. The van der Waals surface area contributed by atoms with Gasteiger partial charge in [-0.15, -0.1) is 0 Å². The molecule has 1 aromatic heterocycles. The number of nitro groups is 1. The summed E-state index contributed by atoms with van der Waals surface area (Å²) in [6, 6.07) is 2.11. The van der Waals surface area contributed by atoms with Crippen molar-refractivity contribution in [2.24, 2.45) is 0 Å². The first kappa shape index (κ1) is 15.4. The SMILES string of the molecule is CCCCC[C@H](c1csc([N+](=O)[O-])c1)N1CCNCC1.